The normalized spacial score (nSPS) is 25.6. The molecule has 0 bridgehead atoms. The number of para-hydroxylation sites is 2. The van der Waals surface area contributed by atoms with Crippen molar-refractivity contribution < 1.29 is 19.7 Å². The van der Waals surface area contributed by atoms with E-state index in [4.69, 9.17) is 9.47 Å². The van der Waals surface area contributed by atoms with E-state index < -0.39 is 6.10 Å². The van der Waals surface area contributed by atoms with Crippen LogP contribution >= 0.6 is 0 Å². The summed E-state index contributed by atoms with van der Waals surface area (Å²) in [6.07, 6.45) is 7.10. The fourth-order valence-electron chi connectivity index (χ4n) is 6.46. The minimum atomic E-state index is -0.929. The highest BCUT2D eigenvalue weighted by Gasteiger charge is 2.46. The summed E-state index contributed by atoms with van der Waals surface area (Å²) in [5.41, 5.74) is 7.70. The van der Waals surface area contributed by atoms with Gasteiger partial charge < -0.3 is 19.7 Å². The zero-order valence-corrected chi connectivity index (χ0v) is 19.0. The van der Waals surface area contributed by atoms with Gasteiger partial charge in [0, 0.05) is 11.1 Å². The largest absolute Gasteiger partial charge is 0.485 e. The molecule has 6 rings (SSSR count). The van der Waals surface area contributed by atoms with Crippen LogP contribution in [0.4, 0.5) is 0 Å². The van der Waals surface area contributed by atoms with Gasteiger partial charge in [0.25, 0.3) is 0 Å². The molecule has 4 heteroatoms. The lowest BCUT2D eigenvalue weighted by Gasteiger charge is -2.45. The predicted octanol–water partition coefficient (Wildman–Crippen LogP) is 5.53. The Kier molecular flexibility index (Phi) is 5.51. The highest BCUT2D eigenvalue weighted by atomic mass is 16.5. The molecular weight excluding hydrogens is 412 g/mol. The van der Waals surface area contributed by atoms with Crippen molar-refractivity contribution >= 4 is 11.1 Å². The quantitative estimate of drug-likeness (QED) is 0.651. The maximum Gasteiger partial charge on any atom is 0.130 e. The smallest absolute Gasteiger partial charge is 0.130 e. The van der Waals surface area contributed by atoms with Gasteiger partial charge in [-0.2, -0.15) is 0 Å². The van der Waals surface area contributed by atoms with Crippen LogP contribution in [0.15, 0.2) is 59.7 Å². The number of rotatable bonds is 4. The van der Waals surface area contributed by atoms with E-state index in [1.807, 2.05) is 24.3 Å². The van der Waals surface area contributed by atoms with Crippen LogP contribution in [0.1, 0.15) is 62.5 Å². The molecule has 0 fully saturated rings. The van der Waals surface area contributed by atoms with Crippen molar-refractivity contribution in [2.24, 2.45) is 5.92 Å². The first kappa shape index (κ1) is 21.0. The summed E-state index contributed by atoms with van der Waals surface area (Å²) < 4.78 is 13.4. The molecule has 3 unspecified atom stereocenters. The fraction of sp³-hybridized carbons (Fsp3) is 0.448. The van der Waals surface area contributed by atoms with Crippen LogP contribution in [0.3, 0.4) is 0 Å². The molecule has 2 aromatic rings. The third-order valence-electron chi connectivity index (χ3n) is 7.97. The molecule has 4 aliphatic rings. The first-order valence-corrected chi connectivity index (χ1v) is 12.5. The van der Waals surface area contributed by atoms with Gasteiger partial charge in [0.05, 0.1) is 18.6 Å². The number of hydrogen-bond acceptors (Lipinski definition) is 4. The predicted molar refractivity (Wildman–Crippen MR) is 129 cm³/mol. The number of ether oxygens (including phenoxy) is 2. The van der Waals surface area contributed by atoms with Gasteiger partial charge >= 0.3 is 0 Å². The number of benzene rings is 2. The Hall–Kier alpha value is -2.56. The molecule has 33 heavy (non-hydrogen) atoms. The van der Waals surface area contributed by atoms with Gasteiger partial charge in [0.1, 0.15) is 23.7 Å². The second kappa shape index (κ2) is 8.66. The number of allylic oxidation sites excluding steroid dienone is 2. The number of aliphatic hydroxyl groups is 2. The van der Waals surface area contributed by atoms with E-state index >= 15 is 0 Å². The summed E-state index contributed by atoms with van der Waals surface area (Å²) in [6, 6.07) is 16.5. The molecule has 0 saturated carbocycles. The van der Waals surface area contributed by atoms with E-state index in [2.05, 4.69) is 24.3 Å². The van der Waals surface area contributed by atoms with Gasteiger partial charge in [-0.1, -0.05) is 36.4 Å². The Morgan fingerprint density at radius 3 is 1.64 bits per heavy atom. The number of fused-ring (bicyclic) bond motifs is 4. The van der Waals surface area contributed by atoms with E-state index in [0.29, 0.717) is 0 Å². The van der Waals surface area contributed by atoms with Gasteiger partial charge in [-0.05, 0) is 85.8 Å². The van der Waals surface area contributed by atoms with Crippen LogP contribution in [-0.2, 0) is 0 Å². The molecule has 0 spiro atoms. The minimum absolute atomic E-state index is 0.303. The maximum atomic E-state index is 11.2. The van der Waals surface area contributed by atoms with E-state index in [0.717, 1.165) is 50.0 Å². The summed E-state index contributed by atoms with van der Waals surface area (Å²) in [4.78, 5) is 0. The summed E-state index contributed by atoms with van der Waals surface area (Å²) in [7, 11) is 0. The molecule has 2 N–H and O–H groups in total. The van der Waals surface area contributed by atoms with Crippen LogP contribution in [0, 0.1) is 5.92 Å². The van der Waals surface area contributed by atoms with Crippen molar-refractivity contribution in [3.8, 4) is 11.5 Å². The standard InChI is InChI=1S/C29H32O4/c30-17-24(31)27(28-22-13-3-1-9-18(22)20-11-5-7-15-25(20)32-28)29-23-14-4-2-10-19(23)21-12-6-8-16-26(21)33-29/h5-8,11-12,15-16,24,27-31H,1-4,9-10,13-14,17H2. The Morgan fingerprint density at radius 1 is 0.697 bits per heavy atom. The minimum Gasteiger partial charge on any atom is -0.485 e. The van der Waals surface area contributed by atoms with E-state index in [1.165, 1.54) is 46.3 Å². The molecule has 0 amide bonds. The molecule has 0 radical (unpaired) electrons. The molecule has 0 saturated heterocycles. The first-order valence-electron chi connectivity index (χ1n) is 12.5. The monoisotopic (exact) mass is 444 g/mol. The van der Waals surface area contributed by atoms with Crippen molar-refractivity contribution in [2.45, 2.75) is 69.7 Å². The van der Waals surface area contributed by atoms with Crippen LogP contribution in [0.5, 0.6) is 11.5 Å². The lowest BCUT2D eigenvalue weighted by Crippen LogP contribution is -2.51. The molecule has 2 aromatic carbocycles. The van der Waals surface area contributed by atoms with Gasteiger partial charge in [-0.15, -0.1) is 0 Å². The molecule has 2 aliphatic carbocycles. The molecule has 172 valence electrons. The molecule has 4 nitrogen and oxygen atoms in total. The maximum absolute atomic E-state index is 11.2. The van der Waals surface area contributed by atoms with Crippen molar-refractivity contribution in [3.63, 3.8) is 0 Å². The van der Waals surface area contributed by atoms with Gasteiger partial charge in [0.2, 0.25) is 0 Å². The fourth-order valence-corrected chi connectivity index (χ4v) is 6.46. The summed E-state index contributed by atoms with van der Waals surface area (Å²) in [6.45, 7) is -0.307. The van der Waals surface area contributed by atoms with E-state index in [9.17, 15) is 10.2 Å². The zero-order chi connectivity index (χ0) is 22.4. The van der Waals surface area contributed by atoms with Crippen LogP contribution in [-0.4, -0.2) is 35.1 Å². The molecule has 0 aromatic heterocycles. The second-order valence-corrected chi connectivity index (χ2v) is 9.82. The van der Waals surface area contributed by atoms with Crippen molar-refractivity contribution in [3.05, 3.63) is 70.8 Å². The Balaban J connectivity index is 1.48. The lowest BCUT2D eigenvalue weighted by atomic mass is 9.72. The van der Waals surface area contributed by atoms with Crippen molar-refractivity contribution in [2.75, 3.05) is 6.61 Å². The van der Waals surface area contributed by atoms with Crippen LogP contribution < -0.4 is 9.47 Å². The topological polar surface area (TPSA) is 58.9 Å². The summed E-state index contributed by atoms with van der Waals surface area (Å²) >= 11 is 0. The Labute approximate surface area is 195 Å². The van der Waals surface area contributed by atoms with Gasteiger partial charge in [-0.25, -0.2) is 0 Å². The zero-order valence-electron chi connectivity index (χ0n) is 19.0. The van der Waals surface area contributed by atoms with E-state index in [-0.39, 0.29) is 24.7 Å². The third kappa shape index (κ3) is 3.51. The first-order chi connectivity index (χ1) is 16.3. The van der Waals surface area contributed by atoms with Crippen molar-refractivity contribution in [1.29, 1.82) is 0 Å². The average Bonchev–Trinajstić information content (AvgIpc) is 2.88. The summed E-state index contributed by atoms with van der Waals surface area (Å²) in [5.74, 6) is 1.39. The van der Waals surface area contributed by atoms with Crippen LogP contribution in [0.2, 0.25) is 0 Å². The highest BCUT2D eigenvalue weighted by molar-refractivity contribution is 5.78. The molecule has 2 heterocycles. The highest BCUT2D eigenvalue weighted by Crippen LogP contribution is 2.50. The Morgan fingerprint density at radius 2 is 1.15 bits per heavy atom. The average molecular weight is 445 g/mol. The third-order valence-corrected chi connectivity index (χ3v) is 7.97. The second-order valence-electron chi connectivity index (χ2n) is 9.82. The summed E-state index contributed by atoms with van der Waals surface area (Å²) in [5, 5.41) is 21.4. The van der Waals surface area contributed by atoms with Crippen LogP contribution in [0.25, 0.3) is 11.1 Å². The molecule has 3 atom stereocenters. The molecule has 2 aliphatic heterocycles. The lowest BCUT2D eigenvalue weighted by molar-refractivity contribution is -0.0406. The van der Waals surface area contributed by atoms with Crippen molar-refractivity contribution in [1.82, 2.24) is 0 Å². The molecular formula is C29H32O4. The number of aliphatic hydroxyl groups excluding tert-OH is 2. The SMILES string of the molecule is OCC(O)C(C1Oc2ccccc2C2=C1CCCC2)C1Oc2ccccc2C2=C1CCCC2. The van der Waals surface area contributed by atoms with E-state index in [1.54, 1.807) is 0 Å². The Bertz CT molecular complexity index is 1030. The van der Waals surface area contributed by atoms with Gasteiger partial charge in [0.15, 0.2) is 0 Å². The number of hydrogen-bond donors (Lipinski definition) is 2. The van der Waals surface area contributed by atoms with Gasteiger partial charge in [-0.3, -0.25) is 0 Å².